The van der Waals surface area contributed by atoms with Gasteiger partial charge in [-0.25, -0.2) is 18.4 Å². The Labute approximate surface area is 191 Å². The van der Waals surface area contributed by atoms with Crippen LogP contribution in [0.25, 0.3) is 0 Å². The first-order valence-electron chi connectivity index (χ1n) is 9.35. The highest BCUT2D eigenvalue weighted by Gasteiger charge is 2.25. The van der Waals surface area contributed by atoms with Crippen LogP contribution in [-0.2, 0) is 4.74 Å². The van der Waals surface area contributed by atoms with Gasteiger partial charge in [0.25, 0.3) is 5.91 Å². The number of rotatable bonds is 4. The Morgan fingerprint density at radius 2 is 1.72 bits per heavy atom. The first kappa shape index (κ1) is 23.6. The summed E-state index contributed by atoms with van der Waals surface area (Å²) < 4.78 is 31.4. The van der Waals surface area contributed by atoms with Crippen LogP contribution in [0.2, 0.25) is 10.0 Å². The number of nitrogens with one attached hydrogen (secondary N) is 2. The quantitative estimate of drug-likeness (QED) is 0.418. The van der Waals surface area contributed by atoms with Gasteiger partial charge in [0.15, 0.2) is 11.6 Å². The smallest absolute Gasteiger partial charge is 0.450 e. The van der Waals surface area contributed by atoms with Crippen molar-refractivity contribution in [2.24, 2.45) is 0 Å². The second-order valence-corrected chi connectivity index (χ2v) is 7.73. The molecular weight excluding hydrogens is 471 g/mol. The van der Waals surface area contributed by atoms with Crippen molar-refractivity contribution in [1.82, 2.24) is 5.32 Å². The predicted molar refractivity (Wildman–Crippen MR) is 114 cm³/mol. The highest BCUT2D eigenvalue weighted by atomic mass is 35.5. The van der Waals surface area contributed by atoms with Crippen LogP contribution in [0, 0.1) is 11.6 Å². The number of nitrogens with zero attached hydrogens (tertiary/aromatic N) is 1. The van der Waals surface area contributed by atoms with Gasteiger partial charge in [0.2, 0.25) is 0 Å². The SMILES string of the molecule is O=C(NC(=O)c1cc(F)c(F)cc1Cl)Nc1cc(Cl)ccc1N1CCC(OC(=O)O)CC1. The third-order valence-electron chi connectivity index (χ3n) is 4.74. The standard InChI is InChI=1S/C20H17Cl2F2N3O5/c21-10-1-2-17(27-5-3-11(4-6-27)32-20(30)31)16(7-10)25-19(29)26-18(28)12-8-14(23)15(24)9-13(12)22/h1-2,7-9,11H,3-6H2,(H,30,31)(H2,25,26,28,29). The average molecular weight is 488 g/mol. The molecule has 2 aromatic rings. The van der Waals surface area contributed by atoms with E-state index >= 15 is 0 Å². The number of imide groups is 1. The molecule has 3 rings (SSSR count). The molecule has 1 heterocycles. The topological polar surface area (TPSA) is 108 Å². The van der Waals surface area contributed by atoms with Crippen LogP contribution >= 0.6 is 23.2 Å². The van der Waals surface area contributed by atoms with E-state index < -0.39 is 41.4 Å². The molecule has 2 aromatic carbocycles. The van der Waals surface area contributed by atoms with E-state index in [0.717, 1.165) is 0 Å². The molecule has 0 aliphatic carbocycles. The van der Waals surface area contributed by atoms with Gasteiger partial charge in [0.1, 0.15) is 6.10 Å². The van der Waals surface area contributed by atoms with Crippen LogP contribution in [0.4, 0.5) is 29.7 Å². The maximum Gasteiger partial charge on any atom is 0.506 e. The first-order chi connectivity index (χ1) is 15.1. The monoisotopic (exact) mass is 487 g/mol. The van der Waals surface area contributed by atoms with Gasteiger partial charge in [-0.3, -0.25) is 10.1 Å². The van der Waals surface area contributed by atoms with E-state index in [1.807, 2.05) is 10.2 Å². The Bertz CT molecular complexity index is 1060. The van der Waals surface area contributed by atoms with Crippen molar-refractivity contribution < 1.29 is 33.0 Å². The van der Waals surface area contributed by atoms with Crippen LogP contribution in [0.15, 0.2) is 30.3 Å². The van der Waals surface area contributed by atoms with Gasteiger partial charge < -0.3 is 20.1 Å². The largest absolute Gasteiger partial charge is 0.506 e. The summed E-state index contributed by atoms with van der Waals surface area (Å²) in [6.07, 6.45) is -0.851. The molecule has 0 radical (unpaired) electrons. The van der Waals surface area contributed by atoms with Gasteiger partial charge in [-0.05, 0) is 30.3 Å². The Hall–Kier alpha value is -3.11. The summed E-state index contributed by atoms with van der Waals surface area (Å²) in [5.41, 5.74) is 0.473. The van der Waals surface area contributed by atoms with E-state index in [1.54, 1.807) is 12.1 Å². The number of amides is 3. The van der Waals surface area contributed by atoms with Crippen molar-refractivity contribution in [3.63, 3.8) is 0 Å². The Morgan fingerprint density at radius 3 is 2.38 bits per heavy atom. The summed E-state index contributed by atoms with van der Waals surface area (Å²) in [7, 11) is 0. The summed E-state index contributed by atoms with van der Waals surface area (Å²) in [6, 6.07) is 5.05. The molecule has 0 bridgehead atoms. The van der Waals surface area contributed by atoms with Crippen molar-refractivity contribution >= 4 is 52.7 Å². The van der Waals surface area contributed by atoms with Crippen LogP contribution in [0.1, 0.15) is 23.2 Å². The van der Waals surface area contributed by atoms with Crippen LogP contribution < -0.4 is 15.5 Å². The highest BCUT2D eigenvalue weighted by molar-refractivity contribution is 6.34. The number of halogens is 4. The zero-order chi connectivity index (χ0) is 23.4. The molecule has 0 saturated carbocycles. The molecule has 8 nitrogen and oxygen atoms in total. The molecule has 170 valence electrons. The lowest BCUT2D eigenvalue weighted by Gasteiger charge is -2.34. The number of carbonyl (C=O) groups excluding carboxylic acids is 2. The number of hydrogen-bond acceptors (Lipinski definition) is 5. The number of ether oxygens (including phenoxy) is 1. The van der Waals surface area contributed by atoms with Crippen LogP contribution in [-0.4, -0.2) is 42.4 Å². The molecule has 1 aliphatic rings. The van der Waals surface area contributed by atoms with Gasteiger partial charge in [0, 0.05) is 31.0 Å². The van der Waals surface area contributed by atoms with E-state index in [-0.39, 0.29) is 10.7 Å². The maximum absolute atomic E-state index is 13.4. The molecular formula is C20H17Cl2F2N3O5. The number of carboxylic acid groups (broad SMARTS) is 1. The molecule has 3 N–H and O–H groups in total. The fourth-order valence-electron chi connectivity index (χ4n) is 3.26. The lowest BCUT2D eigenvalue weighted by atomic mass is 10.1. The zero-order valence-electron chi connectivity index (χ0n) is 16.3. The van der Waals surface area contributed by atoms with Crippen LogP contribution in [0.5, 0.6) is 0 Å². The van der Waals surface area contributed by atoms with E-state index in [0.29, 0.717) is 48.8 Å². The normalized spacial score (nSPS) is 14.1. The van der Waals surface area contributed by atoms with Crippen molar-refractivity contribution in [3.8, 4) is 0 Å². The molecule has 3 amide bonds. The van der Waals surface area contributed by atoms with Crippen molar-refractivity contribution in [2.75, 3.05) is 23.3 Å². The molecule has 12 heteroatoms. The molecule has 1 aliphatic heterocycles. The average Bonchev–Trinajstić information content (AvgIpc) is 2.71. The molecule has 0 atom stereocenters. The first-order valence-corrected chi connectivity index (χ1v) is 10.1. The number of piperidine rings is 1. The fraction of sp³-hybridized carbons (Fsp3) is 0.250. The number of benzene rings is 2. The maximum atomic E-state index is 13.4. The molecule has 32 heavy (non-hydrogen) atoms. The lowest BCUT2D eigenvalue weighted by Crippen LogP contribution is -2.39. The second-order valence-electron chi connectivity index (χ2n) is 6.89. The number of hydrogen-bond donors (Lipinski definition) is 3. The van der Waals surface area contributed by atoms with E-state index in [9.17, 15) is 23.2 Å². The summed E-state index contributed by atoms with van der Waals surface area (Å²) in [5, 5.41) is 13.2. The number of carbonyl (C=O) groups is 3. The van der Waals surface area contributed by atoms with Crippen molar-refractivity contribution in [1.29, 1.82) is 0 Å². The third kappa shape index (κ3) is 5.77. The van der Waals surface area contributed by atoms with Gasteiger partial charge in [-0.15, -0.1) is 0 Å². The number of urea groups is 1. The van der Waals surface area contributed by atoms with E-state index in [2.05, 4.69) is 5.32 Å². The lowest BCUT2D eigenvalue weighted by molar-refractivity contribution is 0.0416. The van der Waals surface area contributed by atoms with Crippen LogP contribution in [0.3, 0.4) is 0 Å². The molecule has 1 saturated heterocycles. The Kier molecular flexibility index (Phi) is 7.37. The minimum Gasteiger partial charge on any atom is -0.450 e. The Morgan fingerprint density at radius 1 is 1.06 bits per heavy atom. The van der Waals surface area contributed by atoms with E-state index in [4.69, 9.17) is 33.0 Å². The van der Waals surface area contributed by atoms with Gasteiger partial charge in [-0.1, -0.05) is 23.2 Å². The predicted octanol–water partition coefficient (Wildman–Crippen LogP) is 4.90. The fourth-order valence-corrected chi connectivity index (χ4v) is 3.67. The van der Waals surface area contributed by atoms with E-state index in [1.165, 1.54) is 6.07 Å². The third-order valence-corrected chi connectivity index (χ3v) is 5.29. The minimum absolute atomic E-state index is 0.289. The molecule has 0 spiro atoms. The second kappa shape index (κ2) is 10.0. The Balaban J connectivity index is 1.70. The number of anilines is 2. The molecule has 0 aromatic heterocycles. The molecule has 1 fully saturated rings. The molecule has 0 unspecified atom stereocenters. The minimum atomic E-state index is -1.33. The summed E-state index contributed by atoms with van der Waals surface area (Å²) in [6.45, 7) is 0.915. The summed E-state index contributed by atoms with van der Waals surface area (Å²) in [4.78, 5) is 37.2. The zero-order valence-corrected chi connectivity index (χ0v) is 17.8. The van der Waals surface area contributed by atoms with Crippen molar-refractivity contribution in [2.45, 2.75) is 18.9 Å². The van der Waals surface area contributed by atoms with Gasteiger partial charge >= 0.3 is 12.2 Å². The summed E-state index contributed by atoms with van der Waals surface area (Å²) in [5.74, 6) is -3.54. The van der Waals surface area contributed by atoms with Gasteiger partial charge in [0.05, 0.1) is 22.0 Å². The van der Waals surface area contributed by atoms with Gasteiger partial charge in [-0.2, -0.15) is 0 Å². The van der Waals surface area contributed by atoms with Crippen molar-refractivity contribution in [3.05, 3.63) is 57.6 Å². The highest BCUT2D eigenvalue weighted by Crippen LogP contribution is 2.32. The summed E-state index contributed by atoms with van der Waals surface area (Å²) >= 11 is 11.8.